The van der Waals surface area contributed by atoms with Gasteiger partial charge in [-0.15, -0.1) is 0 Å². The zero-order valence-corrected chi connectivity index (χ0v) is 29.6. The summed E-state index contributed by atoms with van der Waals surface area (Å²) in [7, 11) is 1.82. The van der Waals surface area contributed by atoms with Crippen LogP contribution in [-0.2, 0) is 23.9 Å². The Labute approximate surface area is 272 Å². The van der Waals surface area contributed by atoms with Gasteiger partial charge in [-0.05, 0) is 83.7 Å². The predicted molar refractivity (Wildman–Crippen MR) is 176 cm³/mol. The molecule has 4 N–H and O–H groups in total. The molecule has 0 amide bonds. The molecule has 2 aliphatic rings. The van der Waals surface area contributed by atoms with Crippen molar-refractivity contribution in [2.45, 2.75) is 168 Å². The van der Waals surface area contributed by atoms with Gasteiger partial charge in [-0.1, -0.05) is 48.5 Å². The lowest BCUT2D eigenvalue weighted by atomic mass is 9.77. The van der Waals surface area contributed by atoms with Crippen LogP contribution in [-0.4, -0.2) is 88.0 Å². The van der Waals surface area contributed by atoms with Crippen molar-refractivity contribution in [2.75, 3.05) is 13.6 Å². The van der Waals surface area contributed by atoms with Gasteiger partial charge < -0.3 is 30.1 Å². The summed E-state index contributed by atoms with van der Waals surface area (Å²) in [4.78, 5) is 38.9. The largest absolute Gasteiger partial charge is 0.392 e. The Bertz CT molecular complexity index is 957. The van der Waals surface area contributed by atoms with Gasteiger partial charge in [-0.2, -0.15) is 0 Å². The molecule has 12 atom stereocenters. The fourth-order valence-electron chi connectivity index (χ4n) is 7.80. The predicted octanol–water partition coefficient (Wildman–Crippen LogP) is 4.80. The van der Waals surface area contributed by atoms with Crippen molar-refractivity contribution in [3.05, 3.63) is 0 Å². The highest BCUT2D eigenvalue weighted by Crippen LogP contribution is 2.50. The summed E-state index contributed by atoms with van der Waals surface area (Å²) < 4.78 is 13.4. The Morgan fingerprint density at radius 2 is 1.62 bits per heavy atom. The second kappa shape index (κ2) is 17.8. The van der Waals surface area contributed by atoms with E-state index in [4.69, 9.17) is 9.47 Å². The maximum Gasteiger partial charge on any atom is 0.143 e. The summed E-state index contributed by atoms with van der Waals surface area (Å²) in [5.41, 5.74) is -1.08. The minimum absolute atomic E-state index is 0.0211. The molecule has 0 aromatic rings. The number of carbonyl (C=O) groups excluding carboxylic acids is 3. The van der Waals surface area contributed by atoms with Crippen molar-refractivity contribution in [2.24, 2.45) is 29.6 Å². The van der Waals surface area contributed by atoms with Crippen LogP contribution in [0.2, 0.25) is 0 Å². The molecule has 0 spiro atoms. The van der Waals surface area contributed by atoms with Crippen molar-refractivity contribution >= 4 is 17.3 Å². The lowest BCUT2D eigenvalue weighted by molar-refractivity contribution is -0.188. The SMILES string of the molecule is CCC(C(=O)C(C)C(O)C(C)CCC(=O)CC(O)C(C)C(=O)CCCNC)C1OC(CC)(C2CCC(CC)(C(C)O)O2)CC1C. The van der Waals surface area contributed by atoms with Crippen molar-refractivity contribution in [1.29, 1.82) is 0 Å². The first-order chi connectivity index (χ1) is 21.1. The molecule has 0 aromatic heterocycles. The van der Waals surface area contributed by atoms with Crippen LogP contribution in [0.4, 0.5) is 0 Å². The van der Waals surface area contributed by atoms with Crippen LogP contribution in [0.1, 0.15) is 126 Å². The number of rotatable bonds is 21. The molecule has 9 heteroatoms. The highest BCUT2D eigenvalue weighted by molar-refractivity contribution is 5.85. The Morgan fingerprint density at radius 3 is 2.16 bits per heavy atom. The summed E-state index contributed by atoms with van der Waals surface area (Å²) in [6, 6.07) is 0. The number of nitrogens with one attached hydrogen (secondary N) is 1. The molecular formula is C36H65NO8. The van der Waals surface area contributed by atoms with E-state index >= 15 is 0 Å². The Kier molecular flexibility index (Phi) is 15.8. The first-order valence-electron chi connectivity index (χ1n) is 17.8. The molecule has 45 heavy (non-hydrogen) atoms. The molecule has 262 valence electrons. The highest BCUT2D eigenvalue weighted by atomic mass is 16.6. The summed E-state index contributed by atoms with van der Waals surface area (Å²) >= 11 is 0. The average Bonchev–Trinajstić information content (AvgIpc) is 3.62. The molecule has 2 saturated heterocycles. The molecule has 0 aliphatic carbocycles. The van der Waals surface area contributed by atoms with Crippen molar-refractivity contribution < 1.29 is 39.2 Å². The summed E-state index contributed by atoms with van der Waals surface area (Å²) in [5.74, 6) is -1.98. The summed E-state index contributed by atoms with van der Waals surface area (Å²) in [6.07, 6.45) is 3.03. The molecule has 0 aromatic carbocycles. The van der Waals surface area contributed by atoms with Crippen LogP contribution >= 0.6 is 0 Å². The van der Waals surface area contributed by atoms with Gasteiger partial charge in [-0.25, -0.2) is 0 Å². The zero-order chi connectivity index (χ0) is 34.1. The van der Waals surface area contributed by atoms with Gasteiger partial charge in [0.2, 0.25) is 0 Å². The highest BCUT2D eigenvalue weighted by Gasteiger charge is 2.57. The molecular weight excluding hydrogens is 574 g/mol. The maximum atomic E-state index is 13.9. The fourth-order valence-corrected chi connectivity index (χ4v) is 7.80. The molecule has 0 radical (unpaired) electrons. The lowest BCUT2D eigenvalue weighted by Crippen LogP contribution is -2.47. The van der Waals surface area contributed by atoms with Crippen molar-refractivity contribution in [3.8, 4) is 0 Å². The van der Waals surface area contributed by atoms with E-state index < -0.39 is 41.3 Å². The third-order valence-electron chi connectivity index (χ3n) is 11.3. The number of carbonyl (C=O) groups is 3. The molecule has 9 nitrogen and oxygen atoms in total. The number of ether oxygens (including phenoxy) is 2. The number of hydrogen-bond acceptors (Lipinski definition) is 9. The Morgan fingerprint density at radius 1 is 0.956 bits per heavy atom. The standard InChI is InChI=1S/C36H65NO8/c1-10-28(34-23(5)21-36(12-3,45-34)31-17-18-35(11-2,44-31)26(8)38)33(43)25(7)32(42)22(4)15-16-27(39)20-30(41)24(6)29(40)14-13-19-37-9/h22-26,28,30-32,34,37-38,41-42H,10-21H2,1-9H3. The number of ketones is 3. The minimum Gasteiger partial charge on any atom is -0.392 e. The van der Waals surface area contributed by atoms with E-state index in [-0.39, 0.29) is 60.2 Å². The van der Waals surface area contributed by atoms with Gasteiger partial charge in [-0.3, -0.25) is 14.4 Å². The van der Waals surface area contributed by atoms with Crippen molar-refractivity contribution in [1.82, 2.24) is 5.32 Å². The molecule has 2 heterocycles. The molecule has 2 fully saturated rings. The second-order valence-electron chi connectivity index (χ2n) is 14.4. The van der Waals surface area contributed by atoms with Gasteiger partial charge in [0.25, 0.3) is 0 Å². The Balaban J connectivity index is 1.98. The second-order valence-corrected chi connectivity index (χ2v) is 14.4. The van der Waals surface area contributed by atoms with Crippen LogP contribution in [0, 0.1) is 29.6 Å². The maximum absolute atomic E-state index is 13.9. The molecule has 0 bridgehead atoms. The molecule has 2 rings (SSSR count). The van der Waals surface area contributed by atoms with Crippen LogP contribution in [0.15, 0.2) is 0 Å². The topological polar surface area (TPSA) is 142 Å². The van der Waals surface area contributed by atoms with Crippen LogP contribution in [0.5, 0.6) is 0 Å². The van der Waals surface area contributed by atoms with Gasteiger partial charge in [0.15, 0.2) is 0 Å². The van der Waals surface area contributed by atoms with E-state index in [1.54, 1.807) is 20.8 Å². The first-order valence-corrected chi connectivity index (χ1v) is 17.8. The van der Waals surface area contributed by atoms with E-state index in [1.165, 1.54) is 0 Å². The van der Waals surface area contributed by atoms with Crippen LogP contribution in [0.25, 0.3) is 0 Å². The van der Waals surface area contributed by atoms with Gasteiger partial charge in [0, 0.05) is 37.0 Å². The molecule has 2 aliphatic heterocycles. The monoisotopic (exact) mass is 639 g/mol. The number of Topliss-reactive ketones (excluding diaryl/α,β-unsaturated/α-hetero) is 3. The van der Waals surface area contributed by atoms with E-state index in [9.17, 15) is 29.7 Å². The lowest BCUT2D eigenvalue weighted by Gasteiger charge is -2.38. The van der Waals surface area contributed by atoms with Gasteiger partial charge >= 0.3 is 0 Å². The van der Waals surface area contributed by atoms with E-state index in [2.05, 4.69) is 19.2 Å². The van der Waals surface area contributed by atoms with E-state index in [0.717, 1.165) is 38.6 Å². The number of aliphatic hydroxyl groups is 3. The molecule has 0 saturated carbocycles. The molecule has 12 unspecified atom stereocenters. The number of hydrogen-bond donors (Lipinski definition) is 4. The summed E-state index contributed by atoms with van der Waals surface area (Å²) in [5, 5.41) is 35.2. The van der Waals surface area contributed by atoms with Gasteiger partial charge in [0.1, 0.15) is 17.3 Å². The van der Waals surface area contributed by atoms with Gasteiger partial charge in [0.05, 0.1) is 41.7 Å². The first kappa shape index (κ1) is 39.9. The number of aliphatic hydroxyl groups excluding tert-OH is 3. The third-order valence-corrected chi connectivity index (χ3v) is 11.3. The average molecular weight is 640 g/mol. The zero-order valence-electron chi connectivity index (χ0n) is 29.6. The fraction of sp³-hybridized carbons (Fsp3) is 0.917. The normalized spacial score (nSPS) is 31.6. The Hall–Kier alpha value is -1.23. The summed E-state index contributed by atoms with van der Waals surface area (Å²) in [6.45, 7) is 16.1. The van der Waals surface area contributed by atoms with E-state index in [0.29, 0.717) is 25.7 Å². The van der Waals surface area contributed by atoms with Crippen LogP contribution in [0.3, 0.4) is 0 Å². The van der Waals surface area contributed by atoms with E-state index in [1.807, 2.05) is 27.8 Å². The van der Waals surface area contributed by atoms with Crippen molar-refractivity contribution in [3.63, 3.8) is 0 Å². The van der Waals surface area contributed by atoms with Crippen LogP contribution < -0.4 is 5.32 Å². The smallest absolute Gasteiger partial charge is 0.143 e. The third kappa shape index (κ3) is 9.66. The minimum atomic E-state index is -1.02. The quantitative estimate of drug-likeness (QED) is 0.130.